The van der Waals surface area contributed by atoms with Crippen LogP contribution in [-0.4, -0.2) is 12.6 Å². The lowest BCUT2D eigenvalue weighted by atomic mass is 10.2. The van der Waals surface area contributed by atoms with Crippen LogP contribution in [-0.2, 0) is 11.3 Å². The number of para-hydroxylation sites is 1. The molecule has 0 spiro atoms. The second kappa shape index (κ2) is 6.56. The fourth-order valence-electron chi connectivity index (χ4n) is 1.73. The van der Waals surface area contributed by atoms with E-state index in [9.17, 15) is 4.79 Å². The normalized spacial score (nSPS) is 10.1. The summed E-state index contributed by atoms with van der Waals surface area (Å²) in [5.74, 6) is 0. The molecule has 0 saturated carbocycles. The summed E-state index contributed by atoms with van der Waals surface area (Å²) in [7, 11) is 0. The van der Waals surface area contributed by atoms with Crippen LogP contribution in [0.25, 0.3) is 0 Å². The van der Waals surface area contributed by atoms with Crippen LogP contribution in [0.5, 0.6) is 0 Å². The van der Waals surface area contributed by atoms with E-state index in [0.29, 0.717) is 12.3 Å². The van der Waals surface area contributed by atoms with Gasteiger partial charge in [-0.05, 0) is 24.1 Å². The monoisotopic (exact) mass is 256 g/mol. The van der Waals surface area contributed by atoms with E-state index < -0.39 is 6.03 Å². The number of primary amides is 1. The molecular formula is C15H16N2O2. The Bertz CT molecular complexity index is 514. The number of rotatable bonds is 5. The molecular weight excluding hydrogens is 240 g/mol. The first-order valence-corrected chi connectivity index (χ1v) is 6.09. The van der Waals surface area contributed by atoms with Crippen LogP contribution in [0.15, 0.2) is 60.7 Å². The smallest absolute Gasteiger partial charge is 0.343 e. The van der Waals surface area contributed by atoms with Crippen LogP contribution in [0.2, 0.25) is 0 Å². The van der Waals surface area contributed by atoms with Crippen LogP contribution < -0.4 is 10.8 Å². The third kappa shape index (κ3) is 3.82. The van der Waals surface area contributed by atoms with Gasteiger partial charge in [0, 0.05) is 0 Å². The maximum absolute atomic E-state index is 11.4. The van der Waals surface area contributed by atoms with Gasteiger partial charge in [0.15, 0.2) is 0 Å². The number of urea groups is 1. The Morgan fingerprint density at radius 2 is 1.58 bits per heavy atom. The lowest BCUT2D eigenvalue weighted by Gasteiger charge is -2.19. The molecule has 2 amide bonds. The molecule has 0 bridgehead atoms. The molecule has 0 atom stereocenters. The Balaban J connectivity index is 1.94. The average Bonchev–Trinajstić information content (AvgIpc) is 2.45. The SMILES string of the molecule is NC(=O)N(OCCc1ccccc1)c1ccccc1. The highest BCUT2D eigenvalue weighted by molar-refractivity contribution is 5.88. The summed E-state index contributed by atoms with van der Waals surface area (Å²) in [5.41, 5.74) is 7.09. The van der Waals surface area contributed by atoms with Crippen molar-refractivity contribution in [3.05, 3.63) is 66.2 Å². The fraction of sp³-hybridized carbons (Fsp3) is 0.133. The molecule has 2 aromatic rings. The number of hydrogen-bond acceptors (Lipinski definition) is 2. The van der Waals surface area contributed by atoms with Crippen molar-refractivity contribution in [3.63, 3.8) is 0 Å². The first kappa shape index (κ1) is 13.1. The van der Waals surface area contributed by atoms with E-state index in [-0.39, 0.29) is 0 Å². The number of nitrogens with zero attached hydrogens (tertiary/aromatic N) is 1. The van der Waals surface area contributed by atoms with Crippen molar-refractivity contribution < 1.29 is 9.63 Å². The van der Waals surface area contributed by atoms with Crippen LogP contribution in [0.1, 0.15) is 5.56 Å². The summed E-state index contributed by atoms with van der Waals surface area (Å²) in [6, 6.07) is 18.4. The second-order valence-electron chi connectivity index (χ2n) is 4.04. The summed E-state index contributed by atoms with van der Waals surface area (Å²) in [4.78, 5) is 16.8. The molecule has 98 valence electrons. The average molecular weight is 256 g/mol. The van der Waals surface area contributed by atoms with Gasteiger partial charge in [-0.1, -0.05) is 48.5 Å². The Labute approximate surface area is 112 Å². The zero-order valence-corrected chi connectivity index (χ0v) is 10.5. The molecule has 2 aromatic carbocycles. The van der Waals surface area contributed by atoms with Gasteiger partial charge in [-0.15, -0.1) is 0 Å². The number of carbonyl (C=O) groups is 1. The zero-order valence-electron chi connectivity index (χ0n) is 10.5. The molecule has 0 heterocycles. The third-order valence-corrected chi connectivity index (χ3v) is 2.64. The number of hydrogen-bond donors (Lipinski definition) is 1. The molecule has 0 aliphatic heterocycles. The minimum atomic E-state index is -0.626. The van der Waals surface area contributed by atoms with Crippen molar-refractivity contribution in [1.82, 2.24) is 0 Å². The van der Waals surface area contributed by atoms with Crippen LogP contribution in [0.3, 0.4) is 0 Å². The maximum atomic E-state index is 11.4. The molecule has 0 radical (unpaired) electrons. The van der Waals surface area contributed by atoms with Gasteiger partial charge in [0.05, 0.1) is 12.3 Å². The predicted octanol–water partition coefficient (Wildman–Crippen LogP) is 2.75. The van der Waals surface area contributed by atoms with E-state index in [1.54, 1.807) is 12.1 Å². The van der Waals surface area contributed by atoms with E-state index in [1.807, 2.05) is 48.5 Å². The topological polar surface area (TPSA) is 55.6 Å². The van der Waals surface area contributed by atoms with Crippen LogP contribution in [0.4, 0.5) is 10.5 Å². The summed E-state index contributed by atoms with van der Waals surface area (Å²) >= 11 is 0. The highest BCUT2D eigenvalue weighted by Crippen LogP contribution is 2.13. The van der Waals surface area contributed by atoms with Gasteiger partial charge in [0.1, 0.15) is 0 Å². The van der Waals surface area contributed by atoms with E-state index in [1.165, 1.54) is 0 Å². The summed E-state index contributed by atoms with van der Waals surface area (Å²) in [6.45, 7) is 0.391. The number of carbonyl (C=O) groups excluding carboxylic acids is 1. The standard InChI is InChI=1S/C15H16N2O2/c16-15(18)17(14-9-5-2-6-10-14)19-12-11-13-7-3-1-4-8-13/h1-10H,11-12H2,(H2,16,18). The molecule has 2 rings (SSSR count). The van der Waals surface area contributed by atoms with E-state index >= 15 is 0 Å². The van der Waals surface area contributed by atoms with Crippen molar-refractivity contribution in [2.45, 2.75) is 6.42 Å². The second-order valence-corrected chi connectivity index (χ2v) is 4.04. The molecule has 4 heteroatoms. The third-order valence-electron chi connectivity index (χ3n) is 2.64. The molecule has 0 fully saturated rings. The molecule has 0 aromatic heterocycles. The van der Waals surface area contributed by atoms with Gasteiger partial charge in [0.25, 0.3) is 0 Å². The van der Waals surface area contributed by atoms with E-state index in [0.717, 1.165) is 17.0 Å². The Hall–Kier alpha value is -2.33. The first-order valence-electron chi connectivity index (χ1n) is 6.09. The highest BCUT2D eigenvalue weighted by atomic mass is 16.7. The predicted molar refractivity (Wildman–Crippen MR) is 74.6 cm³/mol. The van der Waals surface area contributed by atoms with Crippen LogP contribution in [0, 0.1) is 0 Å². The van der Waals surface area contributed by atoms with Crippen LogP contribution >= 0.6 is 0 Å². The number of benzene rings is 2. The number of anilines is 1. The summed E-state index contributed by atoms with van der Waals surface area (Å²) in [6.07, 6.45) is 0.720. The zero-order chi connectivity index (χ0) is 13.5. The van der Waals surface area contributed by atoms with Crippen molar-refractivity contribution in [2.75, 3.05) is 11.7 Å². The minimum Gasteiger partial charge on any atom is -0.349 e. The Morgan fingerprint density at radius 3 is 2.16 bits per heavy atom. The lowest BCUT2D eigenvalue weighted by Crippen LogP contribution is -2.36. The molecule has 4 nitrogen and oxygen atoms in total. The van der Waals surface area contributed by atoms with Gasteiger partial charge in [-0.2, -0.15) is 5.06 Å². The summed E-state index contributed by atoms with van der Waals surface area (Å²) in [5, 5.41) is 1.11. The van der Waals surface area contributed by atoms with Crippen molar-refractivity contribution in [3.8, 4) is 0 Å². The maximum Gasteiger partial charge on any atom is 0.343 e. The highest BCUT2D eigenvalue weighted by Gasteiger charge is 2.12. The van der Waals surface area contributed by atoms with Gasteiger partial charge in [-0.25, -0.2) is 4.79 Å². The Kier molecular flexibility index (Phi) is 4.53. The molecule has 2 N–H and O–H groups in total. The number of hydroxylamine groups is 1. The molecule has 0 aliphatic carbocycles. The van der Waals surface area contributed by atoms with Gasteiger partial charge < -0.3 is 5.73 Å². The molecule has 19 heavy (non-hydrogen) atoms. The van der Waals surface area contributed by atoms with E-state index in [4.69, 9.17) is 10.6 Å². The van der Waals surface area contributed by atoms with Gasteiger partial charge in [0.2, 0.25) is 0 Å². The molecule has 0 aliphatic rings. The minimum absolute atomic E-state index is 0.391. The van der Waals surface area contributed by atoms with Gasteiger partial charge >= 0.3 is 6.03 Å². The molecule has 0 saturated heterocycles. The van der Waals surface area contributed by atoms with Crippen molar-refractivity contribution >= 4 is 11.7 Å². The first-order chi connectivity index (χ1) is 9.27. The van der Waals surface area contributed by atoms with E-state index in [2.05, 4.69) is 0 Å². The summed E-state index contributed by atoms with van der Waals surface area (Å²) < 4.78 is 0. The molecule has 0 unspecified atom stereocenters. The number of amides is 2. The largest absolute Gasteiger partial charge is 0.349 e. The Morgan fingerprint density at radius 1 is 1.00 bits per heavy atom. The number of nitrogens with two attached hydrogens (primary N) is 1. The van der Waals surface area contributed by atoms with Crippen molar-refractivity contribution in [1.29, 1.82) is 0 Å². The fourth-order valence-corrected chi connectivity index (χ4v) is 1.73. The van der Waals surface area contributed by atoms with Gasteiger partial charge in [-0.3, -0.25) is 4.84 Å². The quantitative estimate of drug-likeness (QED) is 0.836. The van der Waals surface area contributed by atoms with Crippen molar-refractivity contribution in [2.24, 2.45) is 5.73 Å². The lowest BCUT2D eigenvalue weighted by molar-refractivity contribution is 0.122.